The van der Waals surface area contributed by atoms with E-state index in [9.17, 15) is 9.90 Å². The Labute approximate surface area is 104 Å². The molecule has 4 nitrogen and oxygen atoms in total. The molecule has 0 aromatic rings. The molecule has 0 saturated heterocycles. The molecule has 100 valence electrons. The summed E-state index contributed by atoms with van der Waals surface area (Å²) in [5.74, 6) is 0.487. The Balaban J connectivity index is 2.14. The van der Waals surface area contributed by atoms with Gasteiger partial charge in [0.2, 0.25) is 5.91 Å². The average Bonchev–Trinajstić information content (AvgIpc) is 2.30. The number of hydrogen-bond donors (Lipinski definition) is 3. The molecule has 1 fully saturated rings. The third-order valence-corrected chi connectivity index (χ3v) is 3.63. The van der Waals surface area contributed by atoms with Crippen molar-refractivity contribution in [2.75, 3.05) is 6.54 Å². The molecule has 1 rings (SSSR count). The van der Waals surface area contributed by atoms with Gasteiger partial charge in [-0.15, -0.1) is 0 Å². The first kappa shape index (κ1) is 14.5. The number of amides is 1. The van der Waals surface area contributed by atoms with E-state index in [-0.39, 0.29) is 18.1 Å². The molecule has 1 aliphatic carbocycles. The highest BCUT2D eigenvalue weighted by Gasteiger charge is 2.26. The van der Waals surface area contributed by atoms with Gasteiger partial charge in [-0.3, -0.25) is 4.79 Å². The van der Waals surface area contributed by atoms with Crippen LogP contribution in [-0.4, -0.2) is 29.7 Å². The van der Waals surface area contributed by atoms with E-state index in [0.29, 0.717) is 25.3 Å². The van der Waals surface area contributed by atoms with E-state index in [4.69, 9.17) is 5.73 Å². The maximum Gasteiger partial charge on any atom is 0.220 e. The number of aliphatic hydroxyl groups excluding tert-OH is 1. The first-order valence-electron chi connectivity index (χ1n) is 6.81. The Morgan fingerprint density at radius 1 is 1.35 bits per heavy atom. The fourth-order valence-corrected chi connectivity index (χ4v) is 2.34. The Hall–Kier alpha value is -0.610. The van der Waals surface area contributed by atoms with Gasteiger partial charge in [-0.05, 0) is 44.6 Å². The van der Waals surface area contributed by atoms with Crippen LogP contribution in [-0.2, 0) is 4.79 Å². The number of rotatable bonds is 6. The lowest BCUT2D eigenvalue weighted by Crippen LogP contribution is -2.42. The smallest absolute Gasteiger partial charge is 0.220 e. The van der Waals surface area contributed by atoms with E-state index in [1.807, 2.05) is 0 Å². The quantitative estimate of drug-likeness (QED) is 0.612. The molecule has 0 bridgehead atoms. The second-order valence-electron chi connectivity index (χ2n) is 5.22. The van der Waals surface area contributed by atoms with Crippen LogP contribution < -0.4 is 11.1 Å². The predicted octanol–water partition coefficient (Wildman–Crippen LogP) is 1.17. The summed E-state index contributed by atoms with van der Waals surface area (Å²) in [6.07, 6.45) is 5.95. The van der Waals surface area contributed by atoms with Gasteiger partial charge < -0.3 is 16.2 Å². The highest BCUT2D eigenvalue weighted by atomic mass is 16.3. The molecule has 3 atom stereocenters. The molecule has 0 spiro atoms. The average molecular weight is 242 g/mol. The van der Waals surface area contributed by atoms with Crippen molar-refractivity contribution in [1.82, 2.24) is 5.32 Å². The minimum absolute atomic E-state index is 0.119. The Morgan fingerprint density at radius 3 is 2.76 bits per heavy atom. The molecule has 2 unspecified atom stereocenters. The van der Waals surface area contributed by atoms with Crippen LogP contribution in [0, 0.1) is 5.92 Å². The van der Waals surface area contributed by atoms with Crippen LogP contribution in [0.25, 0.3) is 0 Å². The second-order valence-corrected chi connectivity index (χ2v) is 5.22. The van der Waals surface area contributed by atoms with Gasteiger partial charge >= 0.3 is 0 Å². The summed E-state index contributed by atoms with van der Waals surface area (Å²) >= 11 is 0. The van der Waals surface area contributed by atoms with Crippen molar-refractivity contribution in [2.45, 2.75) is 64.0 Å². The zero-order chi connectivity index (χ0) is 12.7. The van der Waals surface area contributed by atoms with E-state index < -0.39 is 0 Å². The first-order valence-corrected chi connectivity index (χ1v) is 6.81. The molecule has 0 heterocycles. The van der Waals surface area contributed by atoms with Crippen LogP contribution in [0.15, 0.2) is 0 Å². The standard InChI is InChI=1S/C13H26N2O2/c1-10-6-7-11(9-12(10)16)15-13(17)5-3-2-4-8-14/h10-12,16H,2-9,14H2,1H3,(H,15,17)/t10-,11?,12?/m1/s1. The van der Waals surface area contributed by atoms with Gasteiger partial charge in [0, 0.05) is 12.5 Å². The number of unbranched alkanes of at least 4 members (excludes halogenated alkanes) is 2. The fourth-order valence-electron chi connectivity index (χ4n) is 2.34. The van der Waals surface area contributed by atoms with Crippen LogP contribution in [0.3, 0.4) is 0 Å². The molecule has 1 amide bonds. The Kier molecular flexibility index (Phi) is 6.52. The van der Waals surface area contributed by atoms with E-state index in [1.54, 1.807) is 0 Å². The fraction of sp³-hybridized carbons (Fsp3) is 0.923. The van der Waals surface area contributed by atoms with E-state index in [1.165, 1.54) is 0 Å². The van der Waals surface area contributed by atoms with Crippen LogP contribution >= 0.6 is 0 Å². The van der Waals surface area contributed by atoms with Crippen LogP contribution in [0.4, 0.5) is 0 Å². The molecule has 0 aromatic heterocycles. The van der Waals surface area contributed by atoms with Gasteiger partial charge in [0.25, 0.3) is 0 Å². The normalized spacial score (nSPS) is 29.0. The van der Waals surface area contributed by atoms with Crippen molar-refractivity contribution in [3.05, 3.63) is 0 Å². The topological polar surface area (TPSA) is 75.4 Å². The molecule has 0 radical (unpaired) electrons. The van der Waals surface area contributed by atoms with Gasteiger partial charge in [0.05, 0.1) is 6.10 Å². The lowest BCUT2D eigenvalue weighted by Gasteiger charge is -2.31. The molecule has 1 saturated carbocycles. The predicted molar refractivity (Wildman–Crippen MR) is 68.5 cm³/mol. The number of nitrogens with two attached hydrogens (primary N) is 1. The van der Waals surface area contributed by atoms with Crippen molar-refractivity contribution in [1.29, 1.82) is 0 Å². The summed E-state index contributed by atoms with van der Waals surface area (Å²) in [5, 5.41) is 12.8. The van der Waals surface area contributed by atoms with Crippen molar-refractivity contribution in [2.24, 2.45) is 11.7 Å². The van der Waals surface area contributed by atoms with Gasteiger partial charge in [-0.1, -0.05) is 13.3 Å². The minimum Gasteiger partial charge on any atom is -0.393 e. The van der Waals surface area contributed by atoms with Crippen molar-refractivity contribution >= 4 is 5.91 Å². The largest absolute Gasteiger partial charge is 0.393 e. The van der Waals surface area contributed by atoms with Crippen LogP contribution in [0.1, 0.15) is 51.9 Å². The molecule has 4 N–H and O–H groups in total. The molecule has 1 aliphatic rings. The van der Waals surface area contributed by atoms with Crippen molar-refractivity contribution < 1.29 is 9.90 Å². The number of aliphatic hydroxyl groups is 1. The Bertz CT molecular complexity index is 233. The summed E-state index contributed by atoms with van der Waals surface area (Å²) in [6.45, 7) is 2.77. The monoisotopic (exact) mass is 242 g/mol. The first-order chi connectivity index (χ1) is 8.13. The highest BCUT2D eigenvalue weighted by Crippen LogP contribution is 2.24. The van der Waals surface area contributed by atoms with Crippen molar-refractivity contribution in [3.63, 3.8) is 0 Å². The number of nitrogens with one attached hydrogen (secondary N) is 1. The minimum atomic E-state index is -0.258. The highest BCUT2D eigenvalue weighted by molar-refractivity contribution is 5.76. The summed E-state index contributed by atoms with van der Waals surface area (Å²) in [7, 11) is 0. The van der Waals surface area contributed by atoms with Gasteiger partial charge in [-0.25, -0.2) is 0 Å². The summed E-state index contributed by atoms with van der Waals surface area (Å²) < 4.78 is 0. The van der Waals surface area contributed by atoms with E-state index >= 15 is 0 Å². The van der Waals surface area contributed by atoms with Gasteiger partial charge in [0.15, 0.2) is 0 Å². The number of hydrogen-bond acceptors (Lipinski definition) is 3. The van der Waals surface area contributed by atoms with Gasteiger partial charge in [0.1, 0.15) is 0 Å². The van der Waals surface area contributed by atoms with E-state index in [0.717, 1.165) is 32.1 Å². The lowest BCUT2D eigenvalue weighted by molar-refractivity contribution is -0.122. The number of carbonyl (C=O) groups excluding carboxylic acids is 1. The van der Waals surface area contributed by atoms with Crippen LogP contribution in [0.2, 0.25) is 0 Å². The zero-order valence-corrected chi connectivity index (χ0v) is 10.8. The Morgan fingerprint density at radius 2 is 2.12 bits per heavy atom. The molecular formula is C13H26N2O2. The maximum atomic E-state index is 11.6. The van der Waals surface area contributed by atoms with E-state index in [2.05, 4.69) is 12.2 Å². The van der Waals surface area contributed by atoms with Gasteiger partial charge in [-0.2, -0.15) is 0 Å². The molecular weight excluding hydrogens is 216 g/mol. The SMILES string of the molecule is C[C@@H]1CCC(NC(=O)CCCCCN)CC1O. The molecule has 0 aromatic carbocycles. The third kappa shape index (κ3) is 5.50. The third-order valence-electron chi connectivity index (χ3n) is 3.63. The molecule has 17 heavy (non-hydrogen) atoms. The molecule has 4 heteroatoms. The second kappa shape index (κ2) is 7.67. The van der Waals surface area contributed by atoms with Crippen molar-refractivity contribution in [3.8, 4) is 0 Å². The summed E-state index contributed by atoms with van der Waals surface area (Å²) in [4.78, 5) is 11.6. The maximum absolute atomic E-state index is 11.6. The summed E-state index contributed by atoms with van der Waals surface area (Å²) in [6, 6.07) is 0.170. The lowest BCUT2D eigenvalue weighted by atomic mass is 9.85. The summed E-state index contributed by atoms with van der Waals surface area (Å²) in [5.41, 5.74) is 5.39. The van der Waals surface area contributed by atoms with Crippen LogP contribution in [0.5, 0.6) is 0 Å². The molecule has 0 aliphatic heterocycles. The number of carbonyl (C=O) groups is 1. The zero-order valence-electron chi connectivity index (χ0n) is 10.8.